The minimum absolute atomic E-state index is 0. The van der Waals surface area contributed by atoms with Gasteiger partial charge in [-0.1, -0.05) is 95.0 Å². The highest BCUT2D eigenvalue weighted by Crippen LogP contribution is 2.10. The average Bonchev–Trinajstić information content (AvgIpc) is 2.73. The van der Waals surface area contributed by atoms with Crippen LogP contribution < -0.4 is 22.3 Å². The van der Waals surface area contributed by atoms with Crippen LogP contribution in [-0.4, -0.2) is 12.5 Å². The number of carbonyl (C=O) groups is 1. The van der Waals surface area contributed by atoms with E-state index in [0.29, 0.717) is 0 Å². The average molecular weight is 417 g/mol. The zero-order valence-electron chi connectivity index (χ0n) is 17.9. The fourth-order valence-corrected chi connectivity index (χ4v) is 3.47. The van der Waals surface area contributed by atoms with Crippen molar-refractivity contribution in [2.24, 2.45) is 0 Å². The van der Waals surface area contributed by atoms with Crippen molar-refractivity contribution in [3.63, 3.8) is 0 Å². The van der Waals surface area contributed by atoms with Gasteiger partial charge >= 0.3 is 0 Å². The van der Waals surface area contributed by atoms with Crippen LogP contribution >= 0.6 is 0 Å². The van der Waals surface area contributed by atoms with Gasteiger partial charge in [-0.2, -0.15) is 4.57 Å². The number of amides is 1. The molecule has 0 unspecified atom stereocenters. The maximum atomic E-state index is 12.4. The molecule has 0 radical (unpaired) electrons. The Kier molecular flexibility index (Phi) is 13.9. The molecule has 1 N–H and O–H groups in total. The normalized spacial score (nSPS) is 10.4. The summed E-state index contributed by atoms with van der Waals surface area (Å²) in [6, 6.07) is 14.1. The van der Waals surface area contributed by atoms with Gasteiger partial charge < -0.3 is 17.7 Å². The first kappa shape index (κ1) is 25.2. The summed E-state index contributed by atoms with van der Waals surface area (Å²) in [5.74, 6) is 0.0262. The molecule has 3 nitrogen and oxygen atoms in total. The Morgan fingerprint density at radius 2 is 1.45 bits per heavy atom. The lowest BCUT2D eigenvalue weighted by Crippen LogP contribution is -3.00. The minimum atomic E-state index is 0. The summed E-state index contributed by atoms with van der Waals surface area (Å²) < 4.78 is 2.06. The number of pyridine rings is 1. The quantitative estimate of drug-likeness (QED) is 0.372. The third kappa shape index (κ3) is 11.0. The summed E-state index contributed by atoms with van der Waals surface area (Å²) in [6.45, 7) is 3.81. The molecule has 0 aliphatic heterocycles. The molecule has 1 amide bonds. The maximum absolute atomic E-state index is 12.4. The number of hydrogen-bond acceptors (Lipinski definition) is 1. The highest BCUT2D eigenvalue weighted by atomic mass is 35.5. The van der Waals surface area contributed by atoms with E-state index in [1.165, 1.54) is 63.4 Å². The Morgan fingerprint density at radius 3 is 2.10 bits per heavy atom. The van der Waals surface area contributed by atoms with Crippen molar-refractivity contribution in [2.75, 3.05) is 6.54 Å². The molecule has 0 bridgehead atoms. The molecule has 0 saturated heterocycles. The van der Waals surface area contributed by atoms with Crippen molar-refractivity contribution in [2.45, 2.75) is 77.7 Å². The highest BCUT2D eigenvalue weighted by Gasteiger charge is 2.10. The number of nitrogens with zero attached hydrogens (tertiary/aromatic N) is 1. The van der Waals surface area contributed by atoms with E-state index >= 15 is 0 Å². The number of rotatable bonds is 14. The van der Waals surface area contributed by atoms with Crippen molar-refractivity contribution in [1.82, 2.24) is 5.32 Å². The molecule has 0 saturated carbocycles. The van der Waals surface area contributed by atoms with E-state index in [4.69, 9.17) is 0 Å². The molecule has 0 atom stereocenters. The third-order valence-electron chi connectivity index (χ3n) is 5.14. The molecule has 29 heavy (non-hydrogen) atoms. The fraction of sp³-hybridized carbons (Fsp3) is 0.520. The van der Waals surface area contributed by atoms with Crippen molar-refractivity contribution in [3.8, 4) is 0 Å². The number of hydrogen-bond donors (Lipinski definition) is 1. The Bertz CT molecular complexity index is 676. The summed E-state index contributed by atoms with van der Waals surface area (Å²) >= 11 is 0. The van der Waals surface area contributed by atoms with Gasteiger partial charge in [-0.3, -0.25) is 4.79 Å². The number of aromatic nitrogens is 1. The molecule has 1 aromatic heterocycles. The monoisotopic (exact) mass is 416 g/mol. The standard InChI is InChI=1S/C25H36N2O.ClH/c1-2-3-4-5-6-7-8-9-10-14-19-26-25(28)24-18-15-20-27(22-24)21-23-16-12-11-13-17-23;/h11-13,15-18,20,22H,2-10,14,19,21H2,1H3;1H. The van der Waals surface area contributed by atoms with Gasteiger partial charge in [0.05, 0.1) is 0 Å². The molecule has 0 fully saturated rings. The summed E-state index contributed by atoms with van der Waals surface area (Å²) in [5.41, 5.74) is 1.96. The molecule has 160 valence electrons. The van der Waals surface area contributed by atoms with Gasteiger partial charge in [0.1, 0.15) is 5.56 Å². The Balaban J connectivity index is 0.00000420. The van der Waals surface area contributed by atoms with Crippen molar-refractivity contribution in [1.29, 1.82) is 0 Å². The largest absolute Gasteiger partial charge is 1.00 e. The molecule has 1 aromatic carbocycles. The van der Waals surface area contributed by atoms with Gasteiger partial charge in [-0.05, 0) is 12.5 Å². The van der Waals surface area contributed by atoms with Crippen LogP contribution in [0.3, 0.4) is 0 Å². The van der Waals surface area contributed by atoms with Crippen molar-refractivity contribution < 1.29 is 21.8 Å². The molecular weight excluding hydrogens is 380 g/mol. The Labute approximate surface area is 183 Å². The van der Waals surface area contributed by atoms with Gasteiger partial charge in [0.2, 0.25) is 0 Å². The van der Waals surface area contributed by atoms with Crippen molar-refractivity contribution in [3.05, 3.63) is 66.0 Å². The van der Waals surface area contributed by atoms with Crippen LogP contribution in [0.5, 0.6) is 0 Å². The van der Waals surface area contributed by atoms with Gasteiger partial charge in [0.15, 0.2) is 18.9 Å². The molecule has 0 aliphatic carbocycles. The minimum Gasteiger partial charge on any atom is -1.00 e. The molecule has 2 aromatic rings. The van der Waals surface area contributed by atoms with E-state index in [0.717, 1.165) is 25.1 Å². The molecule has 0 spiro atoms. The van der Waals surface area contributed by atoms with Crippen LogP contribution in [0.4, 0.5) is 0 Å². The predicted molar refractivity (Wildman–Crippen MR) is 116 cm³/mol. The zero-order chi connectivity index (χ0) is 19.9. The third-order valence-corrected chi connectivity index (χ3v) is 5.14. The Morgan fingerprint density at radius 1 is 0.828 bits per heavy atom. The Hall–Kier alpha value is -1.87. The lowest BCUT2D eigenvalue weighted by Gasteiger charge is -2.05. The lowest BCUT2D eigenvalue weighted by atomic mass is 10.1. The van der Waals surface area contributed by atoms with E-state index in [2.05, 4.69) is 28.9 Å². The first-order valence-corrected chi connectivity index (χ1v) is 11.1. The number of benzene rings is 1. The second kappa shape index (κ2) is 16.0. The fourth-order valence-electron chi connectivity index (χ4n) is 3.47. The second-order valence-electron chi connectivity index (χ2n) is 7.69. The summed E-state index contributed by atoms with van der Waals surface area (Å²) in [6.07, 6.45) is 17.1. The first-order valence-electron chi connectivity index (χ1n) is 11.1. The first-order chi connectivity index (χ1) is 13.8. The van der Waals surface area contributed by atoms with Crippen LogP contribution in [0, 0.1) is 0 Å². The van der Waals surface area contributed by atoms with E-state index in [1.807, 2.05) is 42.7 Å². The van der Waals surface area contributed by atoms with E-state index < -0.39 is 0 Å². The molecular formula is C25H37ClN2O. The molecule has 2 rings (SSSR count). The van der Waals surface area contributed by atoms with Crippen LogP contribution in [-0.2, 0) is 6.54 Å². The van der Waals surface area contributed by atoms with Crippen LogP contribution in [0.2, 0.25) is 0 Å². The van der Waals surface area contributed by atoms with Crippen LogP contribution in [0.25, 0.3) is 0 Å². The summed E-state index contributed by atoms with van der Waals surface area (Å²) in [7, 11) is 0. The molecule has 0 aliphatic rings. The number of carbonyl (C=O) groups excluding carboxylic acids is 1. The summed E-state index contributed by atoms with van der Waals surface area (Å²) in [5, 5.41) is 3.06. The predicted octanol–water partition coefficient (Wildman–Crippen LogP) is 2.68. The van der Waals surface area contributed by atoms with E-state index in [9.17, 15) is 4.79 Å². The van der Waals surface area contributed by atoms with Crippen molar-refractivity contribution >= 4 is 5.91 Å². The van der Waals surface area contributed by atoms with Crippen LogP contribution in [0.15, 0.2) is 54.9 Å². The number of halogens is 1. The van der Waals surface area contributed by atoms with Gasteiger partial charge in [-0.25, -0.2) is 0 Å². The smallest absolute Gasteiger partial charge is 0.257 e. The van der Waals surface area contributed by atoms with E-state index in [-0.39, 0.29) is 18.3 Å². The SMILES string of the molecule is CCCCCCCCCCCCNC(=O)c1ccc[n+](Cc2ccccc2)c1.[Cl-]. The zero-order valence-corrected chi connectivity index (χ0v) is 18.7. The van der Waals surface area contributed by atoms with E-state index in [1.54, 1.807) is 0 Å². The highest BCUT2D eigenvalue weighted by molar-refractivity contribution is 5.93. The van der Waals surface area contributed by atoms with Crippen LogP contribution in [0.1, 0.15) is 87.1 Å². The summed E-state index contributed by atoms with van der Waals surface area (Å²) in [4.78, 5) is 12.4. The number of nitrogens with one attached hydrogen (secondary N) is 1. The lowest BCUT2D eigenvalue weighted by molar-refractivity contribution is -0.688. The second-order valence-corrected chi connectivity index (χ2v) is 7.69. The number of unbranched alkanes of at least 4 members (excludes halogenated alkanes) is 9. The molecule has 4 heteroatoms. The van der Waals surface area contributed by atoms with Gasteiger partial charge in [0, 0.05) is 18.2 Å². The molecule has 1 heterocycles. The topological polar surface area (TPSA) is 33.0 Å². The van der Waals surface area contributed by atoms with Gasteiger partial charge in [0.25, 0.3) is 5.91 Å². The maximum Gasteiger partial charge on any atom is 0.257 e. The van der Waals surface area contributed by atoms with Gasteiger partial charge in [-0.15, -0.1) is 0 Å².